The van der Waals surface area contributed by atoms with Gasteiger partial charge in [0.05, 0.1) is 31.8 Å². The second kappa shape index (κ2) is 10.2. The van der Waals surface area contributed by atoms with Gasteiger partial charge in [0, 0.05) is 29.8 Å². The van der Waals surface area contributed by atoms with Crippen LogP contribution in [0.2, 0.25) is 0 Å². The van der Waals surface area contributed by atoms with Crippen molar-refractivity contribution in [3.8, 4) is 23.0 Å². The average molecular weight is 604 g/mol. The second-order valence-electron chi connectivity index (χ2n) is 14.4. The van der Waals surface area contributed by atoms with Crippen LogP contribution in [0.25, 0.3) is 22.2 Å². The molecule has 3 aromatic rings. The number of benzene rings is 1. The number of rotatable bonds is 5. The van der Waals surface area contributed by atoms with Crippen LogP contribution < -0.4 is 9.64 Å². The zero-order valence-corrected chi connectivity index (χ0v) is 25.7. The molecule has 0 bridgehead atoms. The van der Waals surface area contributed by atoms with E-state index in [1.54, 1.807) is 19.2 Å². The predicted octanol–water partition coefficient (Wildman–Crippen LogP) is 4.75. The van der Waals surface area contributed by atoms with Gasteiger partial charge >= 0.3 is 6.01 Å². The number of fused-ring (bicyclic) bond motifs is 4. The number of phenolic OH excluding ortho intramolecular Hbond substituents is 1. The van der Waals surface area contributed by atoms with Gasteiger partial charge in [-0.2, -0.15) is 9.97 Å². The number of β-amino-alcohol motifs (C(OH)–C–C–N with tert-alkyl or cyclic N) is 1. The molecule has 1 spiro atoms. The molecule has 5 aliphatic rings. The van der Waals surface area contributed by atoms with Crippen LogP contribution in [0.4, 0.5) is 10.2 Å². The third-order valence-electron chi connectivity index (χ3n) is 11.2. The number of hydrogen-bond acceptors (Lipinski definition) is 9. The lowest BCUT2D eigenvalue weighted by atomic mass is 9.76. The SMILES string of the molecule is CN1CCCC2(COc3nc(N4CCOCC(C)(O)C4)c4cnc(-c5cc(O)cc6c5C5(CC6)CC5)c(F)c4n3)CCCC12. The van der Waals surface area contributed by atoms with Crippen LogP contribution in [-0.2, 0) is 16.6 Å². The van der Waals surface area contributed by atoms with E-state index in [1.807, 2.05) is 11.0 Å². The number of aromatic hydroxyl groups is 1. The Bertz CT molecular complexity index is 1630. The Labute approximate surface area is 257 Å². The highest BCUT2D eigenvalue weighted by molar-refractivity contribution is 5.92. The first kappa shape index (κ1) is 28.4. The van der Waals surface area contributed by atoms with E-state index in [4.69, 9.17) is 19.4 Å². The lowest BCUT2D eigenvalue weighted by Crippen LogP contribution is -2.50. The molecule has 2 N–H and O–H groups in total. The van der Waals surface area contributed by atoms with E-state index in [-0.39, 0.29) is 47.0 Å². The molecule has 4 heterocycles. The molecule has 3 unspecified atom stereocenters. The van der Waals surface area contributed by atoms with Crippen LogP contribution >= 0.6 is 0 Å². The standard InChI is InChI=1S/C34H42FN5O4/c1-32(42)18-40(13-14-43-19-32)30-24-17-36-28(23-16-22(41)15-21-6-9-33(10-11-33)26(21)23)27(35)29(24)37-31(38-30)44-20-34-7-3-5-25(34)39(2)12-4-8-34/h15-17,25,41-42H,3-14,18-20H2,1-2H3. The minimum atomic E-state index is -1.11. The van der Waals surface area contributed by atoms with Crippen molar-refractivity contribution in [3.63, 3.8) is 0 Å². The summed E-state index contributed by atoms with van der Waals surface area (Å²) in [6.45, 7) is 4.66. The number of pyridine rings is 1. The lowest BCUT2D eigenvalue weighted by molar-refractivity contribution is -0.0123. The van der Waals surface area contributed by atoms with Gasteiger partial charge in [0.1, 0.15) is 28.4 Å². The molecule has 4 fully saturated rings. The number of phenols is 1. The topological polar surface area (TPSA) is 104 Å². The third-order valence-corrected chi connectivity index (χ3v) is 11.2. The summed E-state index contributed by atoms with van der Waals surface area (Å²) in [5, 5.41) is 22.1. The zero-order chi connectivity index (χ0) is 30.3. The van der Waals surface area contributed by atoms with E-state index in [0.29, 0.717) is 42.6 Å². The van der Waals surface area contributed by atoms with E-state index in [9.17, 15) is 10.2 Å². The monoisotopic (exact) mass is 603 g/mol. The minimum Gasteiger partial charge on any atom is -0.508 e. The summed E-state index contributed by atoms with van der Waals surface area (Å²) in [4.78, 5) is 18.6. The molecule has 1 aromatic carbocycles. The van der Waals surface area contributed by atoms with Crippen LogP contribution in [-0.4, -0.2) is 88.2 Å². The number of hydrogen-bond donors (Lipinski definition) is 2. The summed E-state index contributed by atoms with van der Waals surface area (Å²) < 4.78 is 29.0. The number of nitrogens with zero attached hydrogens (tertiary/aromatic N) is 5. The molecule has 44 heavy (non-hydrogen) atoms. The van der Waals surface area contributed by atoms with Crippen molar-refractivity contribution in [3.05, 3.63) is 35.3 Å². The molecule has 3 aliphatic carbocycles. The van der Waals surface area contributed by atoms with Crippen molar-refractivity contribution in [1.82, 2.24) is 19.9 Å². The van der Waals surface area contributed by atoms with Gasteiger partial charge in [-0.15, -0.1) is 0 Å². The fraction of sp³-hybridized carbons (Fsp3) is 0.618. The van der Waals surface area contributed by atoms with E-state index < -0.39 is 11.4 Å². The zero-order valence-electron chi connectivity index (χ0n) is 25.7. The number of halogens is 1. The van der Waals surface area contributed by atoms with E-state index in [2.05, 4.69) is 16.9 Å². The van der Waals surface area contributed by atoms with Gasteiger partial charge in [-0.05, 0) is 101 Å². The first-order chi connectivity index (χ1) is 21.2. The average Bonchev–Trinajstić information content (AvgIpc) is 3.56. The number of aryl methyl sites for hydroxylation is 1. The van der Waals surface area contributed by atoms with Gasteiger partial charge in [-0.1, -0.05) is 6.42 Å². The van der Waals surface area contributed by atoms with Crippen LogP contribution in [0, 0.1) is 11.2 Å². The lowest BCUT2D eigenvalue weighted by Gasteiger charge is -2.44. The molecule has 2 aliphatic heterocycles. The maximum absolute atomic E-state index is 16.9. The van der Waals surface area contributed by atoms with Crippen molar-refractivity contribution < 1.29 is 24.1 Å². The van der Waals surface area contributed by atoms with Gasteiger partial charge in [-0.3, -0.25) is 4.98 Å². The van der Waals surface area contributed by atoms with Gasteiger partial charge in [0.25, 0.3) is 0 Å². The summed E-state index contributed by atoms with van der Waals surface area (Å²) >= 11 is 0. The molecule has 9 nitrogen and oxygen atoms in total. The Balaban J connectivity index is 1.24. The Morgan fingerprint density at radius 1 is 1.11 bits per heavy atom. The molecule has 10 heteroatoms. The molecule has 0 amide bonds. The molecule has 2 aromatic heterocycles. The molecule has 3 atom stereocenters. The van der Waals surface area contributed by atoms with Gasteiger partial charge < -0.3 is 29.5 Å². The van der Waals surface area contributed by atoms with Gasteiger partial charge in [0.15, 0.2) is 5.82 Å². The number of aliphatic hydroxyl groups is 1. The fourth-order valence-electron chi connectivity index (χ4n) is 8.93. The first-order valence-electron chi connectivity index (χ1n) is 16.3. The number of anilines is 1. The third kappa shape index (κ3) is 4.63. The Hall–Kier alpha value is -3.08. The smallest absolute Gasteiger partial charge is 0.319 e. The van der Waals surface area contributed by atoms with Crippen LogP contribution in [0.15, 0.2) is 18.3 Å². The first-order valence-corrected chi connectivity index (χ1v) is 16.3. The Morgan fingerprint density at radius 3 is 2.80 bits per heavy atom. The minimum absolute atomic E-state index is 0.0360. The van der Waals surface area contributed by atoms with Crippen LogP contribution in [0.5, 0.6) is 11.8 Å². The number of aromatic nitrogens is 3. The maximum atomic E-state index is 16.9. The Morgan fingerprint density at radius 2 is 1.95 bits per heavy atom. The van der Waals surface area contributed by atoms with E-state index in [0.717, 1.165) is 69.0 Å². The summed E-state index contributed by atoms with van der Waals surface area (Å²) in [7, 11) is 2.20. The number of likely N-dealkylation sites (tertiary alicyclic amines) is 1. The predicted molar refractivity (Wildman–Crippen MR) is 165 cm³/mol. The molecular formula is C34H42FN5O4. The van der Waals surface area contributed by atoms with Crippen molar-refractivity contribution in [2.75, 3.05) is 51.4 Å². The molecule has 2 saturated heterocycles. The second-order valence-corrected chi connectivity index (χ2v) is 14.4. The van der Waals surface area contributed by atoms with E-state index >= 15 is 4.39 Å². The van der Waals surface area contributed by atoms with Crippen LogP contribution in [0.1, 0.15) is 69.4 Å². The largest absolute Gasteiger partial charge is 0.508 e. The summed E-state index contributed by atoms with van der Waals surface area (Å²) in [5.41, 5.74) is 2.19. The summed E-state index contributed by atoms with van der Waals surface area (Å²) in [5.74, 6) is 0.0631. The normalized spacial score (nSPS) is 29.5. The number of ether oxygens (including phenoxy) is 2. The quantitative estimate of drug-likeness (QED) is 0.428. The number of piperidine rings is 1. The molecule has 0 radical (unpaired) electrons. The molecular weight excluding hydrogens is 561 g/mol. The molecule has 8 rings (SSSR count). The fourth-order valence-corrected chi connectivity index (χ4v) is 8.93. The maximum Gasteiger partial charge on any atom is 0.319 e. The van der Waals surface area contributed by atoms with Gasteiger partial charge in [0.2, 0.25) is 0 Å². The van der Waals surface area contributed by atoms with Crippen molar-refractivity contribution >= 4 is 16.7 Å². The summed E-state index contributed by atoms with van der Waals surface area (Å²) in [6, 6.07) is 4.08. The highest BCUT2D eigenvalue weighted by Crippen LogP contribution is 2.60. The van der Waals surface area contributed by atoms with Crippen molar-refractivity contribution in [2.24, 2.45) is 5.41 Å². The van der Waals surface area contributed by atoms with Gasteiger partial charge in [-0.25, -0.2) is 4.39 Å². The van der Waals surface area contributed by atoms with Crippen LogP contribution in [0.3, 0.4) is 0 Å². The van der Waals surface area contributed by atoms with Crippen molar-refractivity contribution in [2.45, 2.75) is 81.8 Å². The highest BCUT2D eigenvalue weighted by Gasteiger charge is 2.50. The highest BCUT2D eigenvalue weighted by atomic mass is 19.1. The summed E-state index contributed by atoms with van der Waals surface area (Å²) in [6.07, 6.45) is 11.3. The van der Waals surface area contributed by atoms with E-state index in [1.165, 1.54) is 6.42 Å². The molecule has 234 valence electrons. The molecule has 2 saturated carbocycles. The van der Waals surface area contributed by atoms with Crippen molar-refractivity contribution in [1.29, 1.82) is 0 Å². The Kier molecular flexibility index (Phi) is 6.60.